The molecule has 196 valence electrons. The molecule has 8 nitrogen and oxygen atoms in total. The normalized spacial score (nSPS) is 20.7. The maximum absolute atomic E-state index is 13.3. The first-order valence-electron chi connectivity index (χ1n) is 13.2. The number of carbonyl (C=O) groups is 2. The van der Waals surface area contributed by atoms with Crippen LogP contribution in [0.5, 0.6) is 0 Å². The van der Waals surface area contributed by atoms with E-state index >= 15 is 0 Å². The van der Waals surface area contributed by atoms with Gasteiger partial charge < -0.3 is 20.2 Å². The number of benzene rings is 2. The summed E-state index contributed by atoms with van der Waals surface area (Å²) in [6, 6.07) is 14.0. The van der Waals surface area contributed by atoms with Crippen LogP contribution in [-0.4, -0.2) is 61.9 Å². The molecule has 0 bridgehead atoms. The molecule has 0 saturated heterocycles. The highest BCUT2D eigenvalue weighted by atomic mass is 35.5. The summed E-state index contributed by atoms with van der Waals surface area (Å²) >= 11 is 6.47. The van der Waals surface area contributed by atoms with Gasteiger partial charge in [0.05, 0.1) is 23.0 Å². The lowest BCUT2D eigenvalue weighted by molar-refractivity contribution is -0.132. The van der Waals surface area contributed by atoms with Crippen molar-refractivity contribution in [3.05, 3.63) is 75.9 Å². The predicted molar refractivity (Wildman–Crippen MR) is 145 cm³/mol. The fraction of sp³-hybridized carbons (Fsp3) is 0.379. The number of hydrogen-bond donors (Lipinski definition) is 2. The van der Waals surface area contributed by atoms with Crippen LogP contribution < -0.4 is 5.32 Å². The second-order valence-corrected chi connectivity index (χ2v) is 10.8. The van der Waals surface area contributed by atoms with E-state index in [2.05, 4.69) is 27.4 Å². The summed E-state index contributed by atoms with van der Waals surface area (Å²) in [6.07, 6.45) is 5.40. The smallest absolute Gasteiger partial charge is 0.254 e. The van der Waals surface area contributed by atoms with Gasteiger partial charge >= 0.3 is 0 Å². The van der Waals surface area contributed by atoms with Gasteiger partial charge in [-0.1, -0.05) is 48.0 Å². The molecule has 0 spiro atoms. The largest absolute Gasteiger partial charge is 0.393 e. The summed E-state index contributed by atoms with van der Waals surface area (Å²) in [5, 5.41) is 13.5. The van der Waals surface area contributed by atoms with Crippen molar-refractivity contribution in [3.63, 3.8) is 0 Å². The first-order chi connectivity index (χ1) is 18.4. The minimum Gasteiger partial charge on any atom is -0.393 e. The Hall–Kier alpha value is -3.49. The quantitative estimate of drug-likeness (QED) is 0.515. The molecule has 2 N–H and O–H groups in total. The Balaban J connectivity index is 1.15. The number of halogens is 1. The highest BCUT2D eigenvalue weighted by molar-refractivity contribution is 6.33. The van der Waals surface area contributed by atoms with Crippen molar-refractivity contribution in [1.29, 1.82) is 0 Å². The molecule has 3 aromatic rings. The van der Waals surface area contributed by atoms with Crippen molar-refractivity contribution < 1.29 is 14.7 Å². The molecule has 3 heterocycles. The number of nitrogens with one attached hydrogen (secondary N) is 1. The molecule has 9 heteroatoms. The summed E-state index contributed by atoms with van der Waals surface area (Å²) in [5.74, 6) is 0.288. The van der Waals surface area contributed by atoms with E-state index in [1.165, 1.54) is 11.1 Å². The van der Waals surface area contributed by atoms with Crippen LogP contribution in [-0.2, 0) is 24.3 Å². The molecule has 1 aromatic heterocycles. The summed E-state index contributed by atoms with van der Waals surface area (Å²) in [5.41, 5.74) is 5.20. The van der Waals surface area contributed by atoms with Gasteiger partial charge in [0.1, 0.15) is 6.54 Å². The number of aromatic nitrogens is 2. The van der Waals surface area contributed by atoms with Crippen LogP contribution in [0.3, 0.4) is 0 Å². The zero-order valence-electron chi connectivity index (χ0n) is 21.1. The number of anilines is 1. The third kappa shape index (κ3) is 4.98. The Kier molecular flexibility index (Phi) is 6.76. The summed E-state index contributed by atoms with van der Waals surface area (Å²) in [7, 11) is 0. The summed E-state index contributed by atoms with van der Waals surface area (Å²) < 4.78 is 0. The van der Waals surface area contributed by atoms with Gasteiger partial charge in [0.25, 0.3) is 5.91 Å². The zero-order chi connectivity index (χ0) is 26.2. The first kappa shape index (κ1) is 24.8. The molecule has 2 amide bonds. The number of carbonyl (C=O) groups excluding carboxylic acids is 2. The lowest BCUT2D eigenvalue weighted by Gasteiger charge is -2.30. The fourth-order valence-electron chi connectivity index (χ4n) is 5.65. The molecule has 0 atom stereocenters. The molecule has 2 aromatic carbocycles. The van der Waals surface area contributed by atoms with Gasteiger partial charge in [-0.15, -0.1) is 0 Å². The van der Waals surface area contributed by atoms with Gasteiger partial charge in [-0.25, -0.2) is 9.97 Å². The standard InChI is InChI=1S/C29H30ClN5O3/c30-25-14-31-29(32-22-7-9-23(36)10-8-22)33-27(25)19-5-6-21-16-35(28(38)24(21)13-19)17-26(37)34-12-11-18-3-1-2-4-20(18)15-34/h1-6,13-14,22-23,36H,7-12,15-17H2,(H,31,32,33)/t22-,23-. The number of aliphatic hydroxyl groups is 1. The van der Waals surface area contributed by atoms with Gasteiger partial charge in [-0.05, 0) is 54.9 Å². The van der Waals surface area contributed by atoms with Crippen molar-refractivity contribution >= 4 is 29.4 Å². The molecule has 0 unspecified atom stereocenters. The van der Waals surface area contributed by atoms with Gasteiger partial charge in [0, 0.05) is 36.8 Å². The van der Waals surface area contributed by atoms with E-state index in [9.17, 15) is 14.7 Å². The third-order valence-corrected chi connectivity index (χ3v) is 8.12. The maximum Gasteiger partial charge on any atom is 0.254 e. The number of amides is 2. The second kappa shape index (κ2) is 10.3. The van der Waals surface area contributed by atoms with Crippen LogP contribution in [0.4, 0.5) is 5.95 Å². The zero-order valence-corrected chi connectivity index (χ0v) is 21.8. The average molecular weight is 532 g/mol. The van der Waals surface area contributed by atoms with Gasteiger partial charge in [-0.3, -0.25) is 9.59 Å². The Labute approximate surface area is 226 Å². The Morgan fingerprint density at radius 2 is 1.84 bits per heavy atom. The average Bonchev–Trinajstić information content (AvgIpc) is 3.24. The molecule has 1 fully saturated rings. The van der Waals surface area contributed by atoms with Crippen molar-refractivity contribution in [2.75, 3.05) is 18.4 Å². The fourth-order valence-corrected chi connectivity index (χ4v) is 5.85. The number of rotatable bonds is 5. The van der Waals surface area contributed by atoms with Gasteiger partial charge in [-0.2, -0.15) is 0 Å². The van der Waals surface area contributed by atoms with Crippen LogP contribution in [0, 0.1) is 0 Å². The van der Waals surface area contributed by atoms with Crippen LogP contribution >= 0.6 is 11.6 Å². The topological polar surface area (TPSA) is 98.7 Å². The van der Waals surface area contributed by atoms with Gasteiger partial charge in [0.15, 0.2) is 0 Å². The van der Waals surface area contributed by atoms with Crippen LogP contribution in [0.2, 0.25) is 5.02 Å². The lowest BCUT2D eigenvalue weighted by atomic mass is 9.93. The maximum atomic E-state index is 13.3. The molecular weight excluding hydrogens is 502 g/mol. The van der Waals surface area contributed by atoms with Crippen LogP contribution in [0.1, 0.15) is 52.7 Å². The van der Waals surface area contributed by atoms with Crippen LogP contribution in [0.15, 0.2) is 48.7 Å². The minimum atomic E-state index is -0.231. The Morgan fingerprint density at radius 3 is 2.66 bits per heavy atom. The molecular formula is C29H30ClN5O3. The predicted octanol–water partition coefficient (Wildman–Crippen LogP) is 4.05. The number of aliphatic hydroxyl groups excluding tert-OH is 1. The van der Waals surface area contributed by atoms with Gasteiger partial charge in [0.2, 0.25) is 11.9 Å². The monoisotopic (exact) mass is 531 g/mol. The van der Waals surface area contributed by atoms with Crippen LogP contribution in [0.25, 0.3) is 11.3 Å². The van der Waals surface area contributed by atoms with Crippen molar-refractivity contribution in [1.82, 2.24) is 19.8 Å². The minimum absolute atomic E-state index is 0.0364. The second-order valence-electron chi connectivity index (χ2n) is 10.4. The molecule has 6 rings (SSSR count). The third-order valence-electron chi connectivity index (χ3n) is 7.85. The summed E-state index contributed by atoms with van der Waals surface area (Å²) in [4.78, 5) is 38.8. The van der Waals surface area contributed by atoms with E-state index in [0.29, 0.717) is 41.9 Å². The van der Waals surface area contributed by atoms with E-state index in [1.54, 1.807) is 11.1 Å². The molecule has 2 aliphatic heterocycles. The highest BCUT2D eigenvalue weighted by Gasteiger charge is 2.31. The molecule has 1 aliphatic carbocycles. The molecule has 3 aliphatic rings. The van der Waals surface area contributed by atoms with Crippen molar-refractivity contribution in [2.24, 2.45) is 0 Å². The lowest BCUT2D eigenvalue weighted by Crippen LogP contribution is -2.42. The van der Waals surface area contributed by atoms with Crippen molar-refractivity contribution in [2.45, 2.75) is 57.3 Å². The van der Waals surface area contributed by atoms with E-state index in [-0.39, 0.29) is 30.5 Å². The van der Waals surface area contributed by atoms with E-state index < -0.39 is 0 Å². The van der Waals surface area contributed by atoms with Crippen molar-refractivity contribution in [3.8, 4) is 11.3 Å². The van der Waals surface area contributed by atoms with E-state index in [1.807, 2.05) is 35.2 Å². The van der Waals surface area contributed by atoms with E-state index in [4.69, 9.17) is 11.6 Å². The number of fused-ring (bicyclic) bond motifs is 2. The SMILES string of the molecule is O=C(CN1Cc2ccc(-c3nc(N[C@H]4CC[C@H](O)CC4)ncc3Cl)cc2C1=O)N1CCc2ccccc2C1. The number of hydrogen-bond acceptors (Lipinski definition) is 6. The molecule has 38 heavy (non-hydrogen) atoms. The first-order valence-corrected chi connectivity index (χ1v) is 13.6. The highest BCUT2D eigenvalue weighted by Crippen LogP contribution is 2.32. The molecule has 1 saturated carbocycles. The van der Waals surface area contributed by atoms with E-state index in [0.717, 1.165) is 43.2 Å². The number of nitrogens with zero attached hydrogens (tertiary/aromatic N) is 4. The Morgan fingerprint density at radius 1 is 1.05 bits per heavy atom. The molecule has 0 radical (unpaired) electrons. The Bertz CT molecular complexity index is 1390. The summed E-state index contributed by atoms with van der Waals surface area (Å²) in [6.45, 7) is 1.71.